The maximum atomic E-state index is 11.1. The van der Waals surface area contributed by atoms with E-state index in [0.717, 1.165) is 4.90 Å². The fourth-order valence-electron chi connectivity index (χ4n) is 1.08. The monoisotopic (exact) mass is 186 g/mol. The molecule has 0 saturated carbocycles. The molecule has 0 aromatic heterocycles. The first-order valence-corrected chi connectivity index (χ1v) is 3.76. The van der Waals surface area contributed by atoms with Crippen LogP contribution in [0.3, 0.4) is 0 Å². The van der Waals surface area contributed by atoms with E-state index in [1.54, 1.807) is 0 Å². The minimum atomic E-state index is -1.05. The molecule has 1 N–H and O–H groups in total. The van der Waals surface area contributed by atoms with Gasteiger partial charge in [0.2, 0.25) is 0 Å². The molecule has 0 unspecified atom stereocenters. The number of oxime groups is 1. The molecule has 6 heteroatoms. The summed E-state index contributed by atoms with van der Waals surface area (Å²) >= 11 is 0. The van der Waals surface area contributed by atoms with Crippen LogP contribution >= 0.6 is 0 Å². The summed E-state index contributed by atoms with van der Waals surface area (Å²) in [5.41, 5.74) is 0.163. The topological polar surface area (TPSA) is 79.2 Å². The van der Waals surface area contributed by atoms with Crippen molar-refractivity contribution in [1.82, 2.24) is 4.90 Å². The lowest BCUT2D eigenvalue weighted by Crippen LogP contribution is -2.44. The van der Waals surface area contributed by atoms with Gasteiger partial charge >= 0.3 is 6.09 Å². The van der Waals surface area contributed by atoms with Crippen molar-refractivity contribution in [2.75, 3.05) is 20.2 Å². The summed E-state index contributed by atoms with van der Waals surface area (Å²) in [6.45, 7) is 0.249. The summed E-state index contributed by atoms with van der Waals surface area (Å²) in [5, 5.41) is 12.1. The van der Waals surface area contributed by atoms with E-state index in [9.17, 15) is 9.59 Å². The van der Waals surface area contributed by atoms with Crippen molar-refractivity contribution >= 4 is 17.6 Å². The first-order valence-electron chi connectivity index (χ1n) is 3.76. The zero-order valence-electron chi connectivity index (χ0n) is 7.19. The number of rotatable bonds is 1. The number of piperidine rings is 1. The van der Waals surface area contributed by atoms with E-state index in [4.69, 9.17) is 5.11 Å². The van der Waals surface area contributed by atoms with Crippen LogP contribution in [0.25, 0.3) is 0 Å². The van der Waals surface area contributed by atoms with E-state index >= 15 is 0 Å². The van der Waals surface area contributed by atoms with Crippen LogP contribution in [0.5, 0.6) is 0 Å². The molecule has 0 aromatic rings. The standard InChI is InChI=1S/C7H10N2O4/c1-13-8-5-4-9(7(11)12)3-2-6(5)10/h2-4H2,1H3,(H,11,12)/b8-5+. The van der Waals surface area contributed by atoms with Crippen LogP contribution in [-0.2, 0) is 9.63 Å². The molecule has 72 valence electrons. The van der Waals surface area contributed by atoms with Crippen LogP contribution in [0.4, 0.5) is 4.79 Å². The fourth-order valence-corrected chi connectivity index (χ4v) is 1.08. The Morgan fingerprint density at radius 3 is 2.92 bits per heavy atom. The predicted octanol–water partition coefficient (Wildman–Crippen LogP) is -0.0584. The highest BCUT2D eigenvalue weighted by Gasteiger charge is 2.26. The lowest BCUT2D eigenvalue weighted by Gasteiger charge is -2.23. The lowest BCUT2D eigenvalue weighted by molar-refractivity contribution is -0.114. The number of carbonyl (C=O) groups excluding carboxylic acids is 1. The Bertz CT molecular complexity index is 261. The lowest BCUT2D eigenvalue weighted by atomic mass is 10.1. The molecule has 0 bridgehead atoms. The molecule has 0 atom stereocenters. The van der Waals surface area contributed by atoms with Gasteiger partial charge in [-0.15, -0.1) is 0 Å². The van der Waals surface area contributed by atoms with E-state index < -0.39 is 6.09 Å². The van der Waals surface area contributed by atoms with Crippen molar-refractivity contribution in [3.05, 3.63) is 0 Å². The summed E-state index contributed by atoms with van der Waals surface area (Å²) in [6.07, 6.45) is -0.870. The predicted molar refractivity (Wildman–Crippen MR) is 43.7 cm³/mol. The Balaban J connectivity index is 2.69. The molecule has 0 aromatic carbocycles. The third-order valence-electron chi connectivity index (χ3n) is 1.74. The molecule has 1 fully saturated rings. The third-order valence-corrected chi connectivity index (χ3v) is 1.74. The molecule has 1 amide bonds. The van der Waals surface area contributed by atoms with Crippen LogP contribution in [0.1, 0.15) is 6.42 Å². The van der Waals surface area contributed by atoms with Crippen LogP contribution in [0.15, 0.2) is 5.16 Å². The molecule has 0 spiro atoms. The molecule has 1 aliphatic rings. The van der Waals surface area contributed by atoms with Crippen molar-refractivity contribution < 1.29 is 19.5 Å². The zero-order chi connectivity index (χ0) is 9.84. The summed E-state index contributed by atoms with van der Waals surface area (Å²) in [6, 6.07) is 0. The molecular weight excluding hydrogens is 176 g/mol. The van der Waals surface area contributed by atoms with Crippen LogP contribution in [0, 0.1) is 0 Å². The molecule has 0 radical (unpaired) electrons. The summed E-state index contributed by atoms with van der Waals surface area (Å²) in [7, 11) is 1.32. The quantitative estimate of drug-likeness (QED) is 0.582. The summed E-state index contributed by atoms with van der Waals surface area (Å²) in [5.74, 6) is -0.153. The van der Waals surface area contributed by atoms with Crippen molar-refractivity contribution in [2.24, 2.45) is 5.16 Å². The first-order chi connectivity index (χ1) is 6.15. The zero-order valence-corrected chi connectivity index (χ0v) is 7.19. The second-order valence-corrected chi connectivity index (χ2v) is 2.60. The van der Waals surface area contributed by atoms with E-state index in [1.165, 1.54) is 7.11 Å². The maximum Gasteiger partial charge on any atom is 0.407 e. The first kappa shape index (κ1) is 9.50. The number of amides is 1. The van der Waals surface area contributed by atoms with Gasteiger partial charge in [0.15, 0.2) is 5.78 Å². The number of carboxylic acid groups (broad SMARTS) is 1. The van der Waals surface area contributed by atoms with Gasteiger partial charge in [-0.2, -0.15) is 0 Å². The van der Waals surface area contributed by atoms with Crippen LogP contribution < -0.4 is 0 Å². The van der Waals surface area contributed by atoms with Gasteiger partial charge in [-0.05, 0) is 0 Å². The average Bonchev–Trinajstić information content (AvgIpc) is 2.08. The fraction of sp³-hybridized carbons (Fsp3) is 0.571. The van der Waals surface area contributed by atoms with Gasteiger partial charge < -0.3 is 14.8 Å². The molecule has 1 heterocycles. The Hall–Kier alpha value is -1.59. The molecule has 1 rings (SSSR count). The normalized spacial score (nSPS) is 20.5. The van der Waals surface area contributed by atoms with Gasteiger partial charge in [0.05, 0.1) is 6.54 Å². The molecule has 0 aliphatic carbocycles. The van der Waals surface area contributed by atoms with Gasteiger partial charge in [-0.25, -0.2) is 4.79 Å². The number of ketones is 1. The minimum Gasteiger partial charge on any atom is -0.465 e. The van der Waals surface area contributed by atoms with Crippen LogP contribution in [-0.4, -0.2) is 47.8 Å². The second-order valence-electron chi connectivity index (χ2n) is 2.60. The summed E-state index contributed by atoms with van der Waals surface area (Å²) < 4.78 is 0. The Kier molecular flexibility index (Phi) is 2.84. The smallest absolute Gasteiger partial charge is 0.407 e. The number of nitrogens with zero attached hydrogens (tertiary/aromatic N) is 2. The largest absolute Gasteiger partial charge is 0.465 e. The van der Waals surface area contributed by atoms with Gasteiger partial charge in [-0.1, -0.05) is 5.16 Å². The highest BCUT2D eigenvalue weighted by molar-refractivity contribution is 6.41. The molecule has 1 aliphatic heterocycles. The highest BCUT2D eigenvalue weighted by atomic mass is 16.6. The SMILES string of the molecule is CO/N=C1\CN(C(=O)O)CCC1=O. The van der Waals surface area contributed by atoms with Gasteiger partial charge in [0.1, 0.15) is 12.8 Å². The van der Waals surface area contributed by atoms with Crippen molar-refractivity contribution in [3.8, 4) is 0 Å². The van der Waals surface area contributed by atoms with E-state index in [1.807, 2.05) is 0 Å². The van der Waals surface area contributed by atoms with Gasteiger partial charge in [-0.3, -0.25) is 4.79 Å². The number of carbonyl (C=O) groups is 2. The maximum absolute atomic E-state index is 11.1. The van der Waals surface area contributed by atoms with Gasteiger partial charge in [0.25, 0.3) is 0 Å². The van der Waals surface area contributed by atoms with Crippen molar-refractivity contribution in [3.63, 3.8) is 0 Å². The average molecular weight is 186 g/mol. The molecule has 6 nitrogen and oxygen atoms in total. The number of likely N-dealkylation sites (tertiary alicyclic amines) is 1. The summed E-state index contributed by atoms with van der Waals surface area (Å²) in [4.78, 5) is 27.2. The molecule has 1 saturated heterocycles. The highest BCUT2D eigenvalue weighted by Crippen LogP contribution is 2.04. The van der Waals surface area contributed by atoms with Crippen molar-refractivity contribution in [2.45, 2.75) is 6.42 Å². The Morgan fingerprint density at radius 1 is 1.69 bits per heavy atom. The minimum absolute atomic E-state index is 0.0159. The van der Waals surface area contributed by atoms with Crippen molar-refractivity contribution in [1.29, 1.82) is 0 Å². The molecular formula is C7H10N2O4. The van der Waals surface area contributed by atoms with E-state index in [0.29, 0.717) is 0 Å². The number of hydrogen-bond acceptors (Lipinski definition) is 4. The van der Waals surface area contributed by atoms with E-state index in [2.05, 4.69) is 9.99 Å². The number of Topliss-reactive ketones (excluding diaryl/α,β-unsaturated/α-hetero) is 1. The molecule has 13 heavy (non-hydrogen) atoms. The Labute approximate surface area is 74.8 Å². The Morgan fingerprint density at radius 2 is 2.38 bits per heavy atom. The third kappa shape index (κ3) is 2.17. The second kappa shape index (κ2) is 3.88. The number of hydrogen-bond donors (Lipinski definition) is 1. The van der Waals surface area contributed by atoms with Gasteiger partial charge in [0, 0.05) is 13.0 Å². The van der Waals surface area contributed by atoms with E-state index in [-0.39, 0.29) is 31.0 Å². The van der Waals surface area contributed by atoms with Crippen LogP contribution in [0.2, 0.25) is 0 Å².